The van der Waals surface area contributed by atoms with Crippen LogP contribution in [0.3, 0.4) is 0 Å². The van der Waals surface area contributed by atoms with Gasteiger partial charge >= 0.3 is 5.63 Å². The fourth-order valence-electron chi connectivity index (χ4n) is 4.53. The van der Waals surface area contributed by atoms with E-state index in [0.29, 0.717) is 42.7 Å². The molecule has 1 atom stereocenters. The number of sulfonamides is 1. The van der Waals surface area contributed by atoms with Gasteiger partial charge in [-0.3, -0.25) is 4.31 Å². The van der Waals surface area contributed by atoms with Crippen molar-refractivity contribution >= 4 is 27.0 Å². The summed E-state index contributed by atoms with van der Waals surface area (Å²) in [4.78, 5) is 13.2. The lowest BCUT2D eigenvalue weighted by molar-refractivity contribution is 0.379. The topological polar surface area (TPSA) is 87.8 Å². The Balaban J connectivity index is 1.93. The standard InChI is InChI=1S/C25H29NO5S2/c1-2-11-20(23-24(27)19-14-8-3-4-9-15-21(19)31-25(23)28)26(18-12-6-5-7-13-18)33(29,30)22-16-10-17-32-22/h5-7,10,12-13,16-17,20,27H,2-4,8-9,11,14-15H2,1H3. The van der Waals surface area contributed by atoms with Crippen molar-refractivity contribution in [1.29, 1.82) is 0 Å². The van der Waals surface area contributed by atoms with Gasteiger partial charge in [-0.25, -0.2) is 13.2 Å². The maximum atomic E-state index is 13.8. The molecule has 0 bridgehead atoms. The molecule has 3 aromatic rings. The quantitative estimate of drug-likeness (QED) is 0.455. The van der Waals surface area contributed by atoms with E-state index < -0.39 is 21.7 Å². The molecule has 0 spiro atoms. The Kier molecular flexibility index (Phi) is 7.24. The predicted molar refractivity (Wildman–Crippen MR) is 131 cm³/mol. The first-order valence-corrected chi connectivity index (χ1v) is 13.8. The number of rotatable bonds is 7. The number of thiophene rings is 1. The van der Waals surface area contributed by atoms with Crippen LogP contribution in [0.15, 0.2) is 61.3 Å². The highest BCUT2D eigenvalue weighted by Gasteiger charge is 2.37. The number of hydrogen-bond donors (Lipinski definition) is 1. The van der Waals surface area contributed by atoms with E-state index >= 15 is 0 Å². The third kappa shape index (κ3) is 4.73. The van der Waals surface area contributed by atoms with E-state index in [1.165, 1.54) is 4.31 Å². The van der Waals surface area contributed by atoms with E-state index in [4.69, 9.17) is 4.42 Å². The minimum atomic E-state index is -3.99. The summed E-state index contributed by atoms with van der Waals surface area (Å²) in [5, 5.41) is 13.1. The van der Waals surface area contributed by atoms with Gasteiger partial charge in [-0.05, 0) is 49.3 Å². The molecule has 0 fully saturated rings. The fourth-order valence-corrected chi connectivity index (χ4v) is 7.27. The molecule has 1 unspecified atom stereocenters. The lowest BCUT2D eigenvalue weighted by Crippen LogP contribution is -2.37. The smallest absolute Gasteiger partial charge is 0.345 e. The summed E-state index contributed by atoms with van der Waals surface area (Å²) in [6.07, 6.45) is 6.09. The van der Waals surface area contributed by atoms with Gasteiger partial charge in [-0.2, -0.15) is 0 Å². The van der Waals surface area contributed by atoms with Crippen molar-refractivity contribution in [3.05, 3.63) is 75.2 Å². The van der Waals surface area contributed by atoms with Gasteiger partial charge in [-0.1, -0.05) is 50.5 Å². The van der Waals surface area contributed by atoms with E-state index in [-0.39, 0.29) is 15.5 Å². The number of para-hydroxylation sites is 1. The second kappa shape index (κ2) is 10.1. The Bertz CT molecular complexity index is 1230. The van der Waals surface area contributed by atoms with Crippen molar-refractivity contribution in [2.45, 2.75) is 68.5 Å². The number of benzene rings is 1. The molecule has 0 aliphatic heterocycles. The lowest BCUT2D eigenvalue weighted by Gasteiger charge is -2.33. The first-order valence-electron chi connectivity index (χ1n) is 11.5. The largest absolute Gasteiger partial charge is 0.507 e. The molecule has 176 valence electrons. The average molecular weight is 488 g/mol. The van der Waals surface area contributed by atoms with Gasteiger partial charge in [0.15, 0.2) is 0 Å². The Labute approximate surface area is 198 Å². The van der Waals surface area contributed by atoms with Crippen LogP contribution in [0.2, 0.25) is 0 Å². The summed E-state index contributed by atoms with van der Waals surface area (Å²) in [5.41, 5.74) is 0.453. The second-order valence-electron chi connectivity index (χ2n) is 8.34. The van der Waals surface area contributed by atoms with Crippen LogP contribution in [0.1, 0.15) is 68.4 Å². The molecular formula is C25H29NO5S2. The molecule has 0 saturated carbocycles. The number of nitrogens with zero attached hydrogens (tertiary/aromatic N) is 1. The van der Waals surface area contributed by atoms with E-state index in [9.17, 15) is 18.3 Å². The normalized spacial score (nSPS) is 15.3. The highest BCUT2D eigenvalue weighted by atomic mass is 32.2. The van der Waals surface area contributed by atoms with Crippen molar-refractivity contribution < 1.29 is 17.9 Å². The first kappa shape index (κ1) is 23.6. The predicted octanol–water partition coefficient (Wildman–Crippen LogP) is 5.80. The van der Waals surface area contributed by atoms with Crippen molar-refractivity contribution in [3.8, 4) is 5.75 Å². The van der Waals surface area contributed by atoms with Gasteiger partial charge in [0.05, 0.1) is 11.7 Å². The van der Waals surface area contributed by atoms with Crippen LogP contribution in [-0.4, -0.2) is 13.5 Å². The van der Waals surface area contributed by atoms with E-state index in [0.717, 1.165) is 37.0 Å². The zero-order chi connectivity index (χ0) is 23.4. The van der Waals surface area contributed by atoms with E-state index in [1.807, 2.05) is 13.0 Å². The molecule has 1 aliphatic carbocycles. The number of aromatic hydroxyl groups is 1. The molecule has 2 heterocycles. The Morgan fingerprint density at radius 3 is 2.45 bits per heavy atom. The van der Waals surface area contributed by atoms with Crippen molar-refractivity contribution in [1.82, 2.24) is 0 Å². The number of anilines is 1. The van der Waals surface area contributed by atoms with Crippen LogP contribution in [0.4, 0.5) is 5.69 Å². The summed E-state index contributed by atoms with van der Waals surface area (Å²) >= 11 is 1.13. The number of hydrogen-bond acceptors (Lipinski definition) is 6. The zero-order valence-corrected chi connectivity index (χ0v) is 20.3. The van der Waals surface area contributed by atoms with Gasteiger partial charge in [0.2, 0.25) is 0 Å². The van der Waals surface area contributed by atoms with Crippen LogP contribution in [0.5, 0.6) is 5.75 Å². The van der Waals surface area contributed by atoms with Crippen LogP contribution in [0, 0.1) is 0 Å². The van der Waals surface area contributed by atoms with Crippen LogP contribution in [0.25, 0.3) is 0 Å². The first-order chi connectivity index (χ1) is 15.9. The molecule has 1 aromatic carbocycles. The molecule has 4 rings (SSSR count). The van der Waals surface area contributed by atoms with Crippen LogP contribution >= 0.6 is 11.3 Å². The molecule has 8 heteroatoms. The molecule has 1 aliphatic rings. The summed E-state index contributed by atoms with van der Waals surface area (Å²) < 4.78 is 34.8. The lowest BCUT2D eigenvalue weighted by atomic mass is 9.93. The maximum Gasteiger partial charge on any atom is 0.345 e. The zero-order valence-electron chi connectivity index (χ0n) is 18.7. The summed E-state index contributed by atoms with van der Waals surface area (Å²) in [7, 11) is -3.99. The highest BCUT2D eigenvalue weighted by molar-refractivity contribution is 7.94. The van der Waals surface area contributed by atoms with Gasteiger partial charge < -0.3 is 9.52 Å². The van der Waals surface area contributed by atoms with Crippen molar-refractivity contribution in [2.24, 2.45) is 0 Å². The van der Waals surface area contributed by atoms with Gasteiger partial charge in [0.1, 0.15) is 21.3 Å². The van der Waals surface area contributed by atoms with Gasteiger partial charge in [0.25, 0.3) is 10.0 Å². The molecule has 1 N–H and O–H groups in total. The number of fused-ring (bicyclic) bond motifs is 1. The summed E-state index contributed by atoms with van der Waals surface area (Å²) in [6, 6.07) is 11.1. The van der Waals surface area contributed by atoms with Gasteiger partial charge in [0, 0.05) is 12.0 Å². The minimum absolute atomic E-state index is 0.0279. The molecule has 0 saturated heterocycles. The SMILES string of the molecule is CCCC(c1c(O)c2c(oc1=O)CCCCCC2)N(c1ccccc1)S(=O)(=O)c1cccs1. The Morgan fingerprint density at radius 2 is 1.79 bits per heavy atom. The molecule has 0 radical (unpaired) electrons. The van der Waals surface area contributed by atoms with Crippen molar-refractivity contribution in [2.75, 3.05) is 4.31 Å². The van der Waals surface area contributed by atoms with E-state index in [2.05, 4.69) is 0 Å². The van der Waals surface area contributed by atoms with E-state index in [1.54, 1.807) is 41.8 Å². The Hall–Kier alpha value is -2.58. The van der Waals surface area contributed by atoms with Crippen LogP contribution < -0.4 is 9.93 Å². The minimum Gasteiger partial charge on any atom is -0.507 e. The third-order valence-electron chi connectivity index (χ3n) is 6.09. The molecule has 6 nitrogen and oxygen atoms in total. The van der Waals surface area contributed by atoms with Crippen LogP contribution in [-0.2, 0) is 22.9 Å². The second-order valence-corrected chi connectivity index (χ2v) is 11.3. The monoisotopic (exact) mass is 487 g/mol. The number of aryl methyl sites for hydroxylation is 1. The molecule has 2 aromatic heterocycles. The molecular weight excluding hydrogens is 458 g/mol. The molecule has 33 heavy (non-hydrogen) atoms. The van der Waals surface area contributed by atoms with Gasteiger partial charge in [-0.15, -0.1) is 11.3 Å². The van der Waals surface area contributed by atoms with Crippen molar-refractivity contribution in [3.63, 3.8) is 0 Å². The highest BCUT2D eigenvalue weighted by Crippen LogP contribution is 2.41. The Morgan fingerprint density at radius 1 is 1.06 bits per heavy atom. The average Bonchev–Trinajstić information content (AvgIpc) is 3.32. The summed E-state index contributed by atoms with van der Waals surface area (Å²) in [6.45, 7) is 1.93. The molecule has 0 amide bonds. The summed E-state index contributed by atoms with van der Waals surface area (Å²) in [5.74, 6) is 0.424. The maximum absolute atomic E-state index is 13.8. The third-order valence-corrected chi connectivity index (χ3v) is 9.30. The fraction of sp³-hybridized carbons (Fsp3) is 0.400.